The van der Waals surface area contributed by atoms with Crippen molar-refractivity contribution in [3.05, 3.63) is 53.4 Å². The van der Waals surface area contributed by atoms with Crippen LogP contribution < -0.4 is 5.32 Å². The Morgan fingerprint density at radius 1 is 1.33 bits per heavy atom. The molecule has 1 atom stereocenters. The zero-order valence-electron chi connectivity index (χ0n) is 13.5. The lowest BCUT2D eigenvalue weighted by molar-refractivity contribution is -0.136. The molecule has 1 aromatic heterocycles. The summed E-state index contributed by atoms with van der Waals surface area (Å²) >= 11 is 0. The number of nitrogens with one attached hydrogen (secondary N) is 1. The van der Waals surface area contributed by atoms with E-state index in [2.05, 4.69) is 10.4 Å². The molecule has 5 nitrogen and oxygen atoms in total. The van der Waals surface area contributed by atoms with Gasteiger partial charge >= 0.3 is 0 Å². The topological polar surface area (TPSA) is 50.2 Å². The van der Waals surface area contributed by atoms with Crippen molar-refractivity contribution in [3.8, 4) is 0 Å². The lowest BCUT2D eigenvalue weighted by Gasteiger charge is -2.33. The van der Waals surface area contributed by atoms with Gasteiger partial charge in [-0.25, -0.2) is 8.78 Å². The molecule has 1 saturated heterocycles. The molecule has 24 heavy (non-hydrogen) atoms. The third-order valence-electron chi connectivity index (χ3n) is 4.36. The van der Waals surface area contributed by atoms with Crippen molar-refractivity contribution in [3.63, 3.8) is 0 Å². The van der Waals surface area contributed by atoms with Crippen LogP contribution in [0.5, 0.6) is 0 Å². The van der Waals surface area contributed by atoms with E-state index in [1.165, 1.54) is 12.1 Å². The normalized spacial score (nSPS) is 18.2. The van der Waals surface area contributed by atoms with E-state index in [-0.39, 0.29) is 18.5 Å². The van der Waals surface area contributed by atoms with Crippen molar-refractivity contribution in [1.82, 2.24) is 20.0 Å². The predicted molar refractivity (Wildman–Crippen MR) is 84.8 cm³/mol. The van der Waals surface area contributed by atoms with Crippen LogP contribution in [0, 0.1) is 11.6 Å². The van der Waals surface area contributed by atoms with Crippen molar-refractivity contribution in [1.29, 1.82) is 0 Å². The number of halogens is 2. The van der Waals surface area contributed by atoms with Gasteiger partial charge in [0.2, 0.25) is 5.91 Å². The van der Waals surface area contributed by atoms with E-state index in [0.717, 1.165) is 24.6 Å². The minimum absolute atomic E-state index is 0.0489. The average Bonchev–Trinajstić information content (AvgIpc) is 2.96. The third kappa shape index (κ3) is 3.62. The first kappa shape index (κ1) is 16.6. The fraction of sp³-hybridized carbons (Fsp3) is 0.412. The van der Waals surface area contributed by atoms with Crippen LogP contribution in [0.25, 0.3) is 0 Å². The number of carbonyl (C=O) groups excluding carboxylic acids is 1. The van der Waals surface area contributed by atoms with Crippen LogP contribution in [0.3, 0.4) is 0 Å². The van der Waals surface area contributed by atoms with Crippen LogP contribution in [0.4, 0.5) is 8.78 Å². The maximum Gasteiger partial charge on any atom is 0.240 e. The Morgan fingerprint density at radius 3 is 2.88 bits per heavy atom. The van der Waals surface area contributed by atoms with Gasteiger partial charge in [-0.15, -0.1) is 0 Å². The van der Waals surface area contributed by atoms with Gasteiger partial charge in [0.05, 0.1) is 11.7 Å². The van der Waals surface area contributed by atoms with Gasteiger partial charge in [0, 0.05) is 44.5 Å². The molecule has 2 aromatic rings. The van der Waals surface area contributed by atoms with Gasteiger partial charge in [0.25, 0.3) is 0 Å². The summed E-state index contributed by atoms with van der Waals surface area (Å²) in [5.41, 5.74) is 1.32. The van der Waals surface area contributed by atoms with Crippen LogP contribution in [-0.2, 0) is 24.9 Å². The van der Waals surface area contributed by atoms with E-state index >= 15 is 0 Å². The van der Waals surface area contributed by atoms with Gasteiger partial charge in [0.15, 0.2) is 0 Å². The number of likely N-dealkylation sites (tertiary alicyclic amines) is 1. The lowest BCUT2D eigenvalue weighted by Crippen LogP contribution is -2.50. The number of carbonyl (C=O) groups is 1. The molecule has 1 fully saturated rings. The fourth-order valence-electron chi connectivity index (χ4n) is 2.94. The number of nitrogens with zero attached hydrogens (tertiary/aromatic N) is 3. The van der Waals surface area contributed by atoms with Crippen molar-refractivity contribution < 1.29 is 13.6 Å². The molecule has 1 N–H and O–H groups in total. The molecule has 128 valence electrons. The Labute approximate surface area is 139 Å². The molecule has 2 heterocycles. The minimum Gasteiger partial charge on any atom is -0.337 e. The second kappa shape index (κ2) is 7.09. The van der Waals surface area contributed by atoms with Gasteiger partial charge in [-0.1, -0.05) is 6.07 Å². The highest BCUT2D eigenvalue weighted by Gasteiger charge is 2.28. The van der Waals surface area contributed by atoms with Crippen molar-refractivity contribution >= 4 is 5.91 Å². The van der Waals surface area contributed by atoms with E-state index in [0.29, 0.717) is 18.7 Å². The SMILES string of the molecule is Cn1nccc1CNC1CCCN(Cc2ccc(F)cc2F)C1=O. The number of benzene rings is 1. The fourth-order valence-corrected chi connectivity index (χ4v) is 2.94. The summed E-state index contributed by atoms with van der Waals surface area (Å²) in [5.74, 6) is -1.28. The van der Waals surface area contributed by atoms with Crippen LogP contribution in [0.1, 0.15) is 24.1 Å². The third-order valence-corrected chi connectivity index (χ3v) is 4.36. The number of piperidine rings is 1. The average molecular weight is 334 g/mol. The number of hydrogen-bond acceptors (Lipinski definition) is 3. The minimum atomic E-state index is -0.618. The molecule has 1 aliphatic heterocycles. The molecule has 0 saturated carbocycles. The molecule has 0 radical (unpaired) electrons. The second-order valence-electron chi connectivity index (χ2n) is 6.02. The molecule has 3 rings (SSSR count). The highest BCUT2D eigenvalue weighted by molar-refractivity contribution is 5.82. The van der Waals surface area contributed by atoms with Crippen LogP contribution in [-0.4, -0.2) is 33.2 Å². The molecular weight excluding hydrogens is 314 g/mol. The summed E-state index contributed by atoms with van der Waals surface area (Å²) in [6, 6.07) is 5.06. The summed E-state index contributed by atoms with van der Waals surface area (Å²) in [5, 5.41) is 7.34. The highest BCUT2D eigenvalue weighted by atomic mass is 19.1. The smallest absolute Gasteiger partial charge is 0.240 e. The number of hydrogen-bond donors (Lipinski definition) is 1. The van der Waals surface area contributed by atoms with Gasteiger partial charge in [-0.05, 0) is 25.0 Å². The van der Waals surface area contributed by atoms with E-state index in [1.807, 2.05) is 13.1 Å². The van der Waals surface area contributed by atoms with Crippen molar-refractivity contribution in [2.45, 2.75) is 32.0 Å². The first-order chi connectivity index (χ1) is 11.5. The molecular formula is C17H20F2N4O. The lowest BCUT2D eigenvalue weighted by atomic mass is 10.0. The maximum absolute atomic E-state index is 13.8. The van der Waals surface area contributed by atoms with Crippen LogP contribution in [0.15, 0.2) is 30.5 Å². The first-order valence-corrected chi connectivity index (χ1v) is 7.97. The molecule has 0 bridgehead atoms. The monoisotopic (exact) mass is 334 g/mol. The maximum atomic E-state index is 13.8. The van der Waals surface area contributed by atoms with Gasteiger partial charge in [-0.2, -0.15) is 5.10 Å². The molecule has 0 aliphatic carbocycles. The number of aryl methyl sites for hydroxylation is 1. The second-order valence-corrected chi connectivity index (χ2v) is 6.02. The zero-order chi connectivity index (χ0) is 17.1. The highest BCUT2D eigenvalue weighted by Crippen LogP contribution is 2.18. The van der Waals surface area contributed by atoms with Crippen molar-refractivity contribution in [2.75, 3.05) is 6.54 Å². The van der Waals surface area contributed by atoms with E-state index in [4.69, 9.17) is 0 Å². The summed E-state index contributed by atoms with van der Waals surface area (Å²) < 4.78 is 28.6. The Kier molecular flexibility index (Phi) is 4.89. The van der Waals surface area contributed by atoms with Crippen molar-refractivity contribution in [2.24, 2.45) is 7.05 Å². The van der Waals surface area contributed by atoms with E-state index in [1.54, 1.807) is 15.8 Å². The van der Waals surface area contributed by atoms with E-state index < -0.39 is 11.6 Å². The number of amides is 1. The van der Waals surface area contributed by atoms with Gasteiger partial charge in [-0.3, -0.25) is 9.48 Å². The Bertz CT molecular complexity index is 731. The van der Waals surface area contributed by atoms with Gasteiger partial charge in [0.1, 0.15) is 11.6 Å². The van der Waals surface area contributed by atoms with E-state index in [9.17, 15) is 13.6 Å². The largest absolute Gasteiger partial charge is 0.337 e. The van der Waals surface area contributed by atoms with Crippen LogP contribution >= 0.6 is 0 Å². The predicted octanol–water partition coefficient (Wildman–Crippen LogP) is 1.98. The molecule has 1 aromatic carbocycles. The Balaban J connectivity index is 1.63. The summed E-state index contributed by atoms with van der Waals surface area (Å²) in [6.45, 7) is 1.29. The molecule has 1 aliphatic rings. The molecule has 7 heteroatoms. The van der Waals surface area contributed by atoms with Gasteiger partial charge < -0.3 is 10.2 Å². The standard InChI is InChI=1S/C17H20F2N4O/c1-22-14(6-7-21-22)10-20-16-3-2-8-23(17(16)24)11-12-4-5-13(18)9-15(12)19/h4-7,9,16,20H,2-3,8,10-11H2,1H3. The quantitative estimate of drug-likeness (QED) is 0.910. The molecule has 1 amide bonds. The Hall–Kier alpha value is -2.28. The molecule has 1 unspecified atom stereocenters. The Morgan fingerprint density at radius 2 is 2.17 bits per heavy atom. The number of aromatic nitrogens is 2. The van der Waals surface area contributed by atoms with Crippen LogP contribution in [0.2, 0.25) is 0 Å². The molecule has 0 spiro atoms. The summed E-state index contributed by atoms with van der Waals surface area (Å²) in [4.78, 5) is 14.2. The summed E-state index contributed by atoms with van der Waals surface area (Å²) in [7, 11) is 1.85. The number of rotatable bonds is 5. The summed E-state index contributed by atoms with van der Waals surface area (Å²) in [6.07, 6.45) is 3.31. The zero-order valence-corrected chi connectivity index (χ0v) is 13.5. The first-order valence-electron chi connectivity index (χ1n) is 7.97.